The van der Waals surface area contributed by atoms with Crippen molar-refractivity contribution in [3.05, 3.63) is 29.6 Å². The van der Waals surface area contributed by atoms with E-state index in [2.05, 4.69) is 20.9 Å². The van der Waals surface area contributed by atoms with Crippen LogP contribution in [0, 0.1) is 0 Å². The zero-order valence-electron chi connectivity index (χ0n) is 10.5. The van der Waals surface area contributed by atoms with Gasteiger partial charge in [-0.15, -0.1) is 0 Å². The average Bonchev–Trinajstić information content (AvgIpc) is 2.24. The van der Waals surface area contributed by atoms with E-state index in [1.165, 1.54) is 0 Å². The summed E-state index contributed by atoms with van der Waals surface area (Å²) in [6.07, 6.45) is 0.992. The predicted octanol–water partition coefficient (Wildman–Crippen LogP) is 3.25. The molecule has 1 heterocycles. The van der Waals surface area contributed by atoms with E-state index in [9.17, 15) is 4.79 Å². The third-order valence-electron chi connectivity index (χ3n) is 2.01. The zero-order chi connectivity index (χ0) is 12.9. The molecule has 0 N–H and O–H groups in total. The maximum absolute atomic E-state index is 11.5. The first-order valence-corrected chi connectivity index (χ1v) is 6.75. The van der Waals surface area contributed by atoms with Gasteiger partial charge in [0.15, 0.2) is 0 Å². The number of carbonyl (C=O) groups excluding carboxylic acids is 1. The van der Waals surface area contributed by atoms with Crippen LogP contribution in [-0.2, 0) is 21.3 Å². The molecule has 0 aliphatic carbocycles. The second-order valence-electron chi connectivity index (χ2n) is 4.84. The van der Waals surface area contributed by atoms with Gasteiger partial charge in [-0.05, 0) is 32.9 Å². The smallest absolute Gasteiger partial charge is 0.306 e. The van der Waals surface area contributed by atoms with Crippen LogP contribution in [0.5, 0.6) is 0 Å². The monoisotopic (exact) mass is 299 g/mol. The Hall–Kier alpha value is -0.900. The Morgan fingerprint density at radius 2 is 2.00 bits per heavy atom. The molecule has 0 fully saturated rings. The first-order chi connectivity index (χ1) is 7.90. The van der Waals surface area contributed by atoms with Gasteiger partial charge >= 0.3 is 5.97 Å². The second kappa shape index (κ2) is 6.15. The molecule has 0 saturated heterocycles. The first-order valence-electron chi connectivity index (χ1n) is 5.63. The van der Waals surface area contributed by atoms with Crippen molar-refractivity contribution in [1.29, 1.82) is 0 Å². The topological polar surface area (TPSA) is 39.2 Å². The molecule has 0 aliphatic heterocycles. The molecule has 0 aromatic carbocycles. The van der Waals surface area contributed by atoms with Gasteiger partial charge in [0.2, 0.25) is 0 Å². The Bertz CT molecular complexity index is 385. The summed E-state index contributed by atoms with van der Waals surface area (Å²) < 4.78 is 5.24. The van der Waals surface area contributed by atoms with E-state index in [1.54, 1.807) is 0 Å². The number of hydrogen-bond donors (Lipinski definition) is 0. The van der Waals surface area contributed by atoms with E-state index in [-0.39, 0.29) is 5.97 Å². The lowest BCUT2D eigenvalue weighted by molar-refractivity contribution is -0.154. The second-order valence-corrected chi connectivity index (χ2v) is 5.40. The Morgan fingerprint density at radius 3 is 2.59 bits per heavy atom. The van der Waals surface area contributed by atoms with Crippen LogP contribution in [0.1, 0.15) is 38.6 Å². The number of halogens is 1. The molecule has 4 heteroatoms. The zero-order valence-corrected chi connectivity index (χ0v) is 12.1. The van der Waals surface area contributed by atoms with E-state index in [0.717, 1.165) is 16.7 Å². The quantitative estimate of drug-likeness (QED) is 0.633. The molecule has 0 amide bonds. The Kier molecular flexibility index (Phi) is 5.12. The Labute approximate surface area is 111 Å². The van der Waals surface area contributed by atoms with Crippen molar-refractivity contribution in [1.82, 2.24) is 4.98 Å². The van der Waals surface area contributed by atoms with Crippen molar-refractivity contribution < 1.29 is 9.53 Å². The van der Waals surface area contributed by atoms with Gasteiger partial charge in [0, 0.05) is 17.4 Å². The van der Waals surface area contributed by atoms with Crippen LogP contribution in [0.15, 0.2) is 18.2 Å². The fourth-order valence-electron chi connectivity index (χ4n) is 1.37. The summed E-state index contributed by atoms with van der Waals surface area (Å²) in [5.74, 6) is -0.177. The molecular formula is C13H18BrNO2. The number of alkyl halides is 1. The third kappa shape index (κ3) is 5.82. The first kappa shape index (κ1) is 14.2. The number of carbonyl (C=O) groups is 1. The van der Waals surface area contributed by atoms with Crippen LogP contribution < -0.4 is 0 Å². The van der Waals surface area contributed by atoms with Gasteiger partial charge in [0.25, 0.3) is 0 Å². The molecule has 1 aromatic heterocycles. The number of esters is 1. The standard InChI is InChI=1S/C13H18BrNO2/c1-13(2,3)17-12(16)8-7-10-5-4-6-11(9-14)15-10/h4-6H,7-9H2,1-3H3. The van der Waals surface area contributed by atoms with Gasteiger partial charge in [-0.2, -0.15) is 0 Å². The van der Waals surface area contributed by atoms with Crippen LogP contribution in [-0.4, -0.2) is 16.6 Å². The number of pyridine rings is 1. The van der Waals surface area contributed by atoms with Crippen molar-refractivity contribution >= 4 is 21.9 Å². The molecule has 1 aromatic rings. The average molecular weight is 300 g/mol. The molecule has 0 aliphatic rings. The molecular weight excluding hydrogens is 282 g/mol. The highest BCUT2D eigenvalue weighted by Crippen LogP contribution is 2.10. The minimum atomic E-state index is -0.414. The molecule has 0 spiro atoms. The summed E-state index contributed by atoms with van der Waals surface area (Å²) >= 11 is 3.36. The van der Waals surface area contributed by atoms with Gasteiger partial charge in [-0.3, -0.25) is 9.78 Å². The molecule has 0 saturated carbocycles. The van der Waals surface area contributed by atoms with E-state index in [4.69, 9.17) is 4.74 Å². The lowest BCUT2D eigenvalue weighted by Crippen LogP contribution is -2.24. The predicted molar refractivity (Wildman–Crippen MR) is 71.0 cm³/mol. The fourth-order valence-corrected chi connectivity index (χ4v) is 1.68. The van der Waals surface area contributed by atoms with Crippen molar-refractivity contribution in [2.45, 2.75) is 44.5 Å². The minimum absolute atomic E-state index is 0.177. The normalized spacial score (nSPS) is 11.3. The van der Waals surface area contributed by atoms with Gasteiger partial charge < -0.3 is 4.74 Å². The lowest BCUT2D eigenvalue weighted by atomic mass is 10.2. The summed E-state index contributed by atoms with van der Waals surface area (Å²) in [7, 11) is 0. The van der Waals surface area contributed by atoms with Gasteiger partial charge in [0.1, 0.15) is 5.60 Å². The molecule has 0 radical (unpaired) electrons. The van der Waals surface area contributed by atoms with Crippen molar-refractivity contribution in [3.63, 3.8) is 0 Å². The van der Waals surface area contributed by atoms with Crippen LogP contribution >= 0.6 is 15.9 Å². The number of ether oxygens (including phenoxy) is 1. The van der Waals surface area contributed by atoms with Crippen molar-refractivity contribution in [3.8, 4) is 0 Å². The summed E-state index contributed by atoms with van der Waals surface area (Å²) in [4.78, 5) is 15.9. The molecule has 94 valence electrons. The highest BCUT2D eigenvalue weighted by atomic mass is 79.9. The number of hydrogen-bond acceptors (Lipinski definition) is 3. The van der Waals surface area contributed by atoms with Crippen molar-refractivity contribution in [2.24, 2.45) is 0 Å². The van der Waals surface area contributed by atoms with E-state index in [1.807, 2.05) is 39.0 Å². The maximum atomic E-state index is 11.5. The van der Waals surface area contributed by atoms with Crippen LogP contribution in [0.3, 0.4) is 0 Å². The summed E-state index contributed by atoms with van der Waals surface area (Å²) in [6, 6.07) is 5.83. The largest absolute Gasteiger partial charge is 0.460 e. The van der Waals surface area contributed by atoms with E-state index < -0.39 is 5.60 Å². The highest BCUT2D eigenvalue weighted by Gasteiger charge is 2.16. The SMILES string of the molecule is CC(C)(C)OC(=O)CCc1cccc(CBr)n1. The molecule has 1 rings (SSSR count). The van der Waals surface area contributed by atoms with Crippen LogP contribution in [0.4, 0.5) is 0 Å². The number of aryl methyl sites for hydroxylation is 1. The number of aromatic nitrogens is 1. The van der Waals surface area contributed by atoms with Gasteiger partial charge in [-0.25, -0.2) is 0 Å². The Morgan fingerprint density at radius 1 is 1.35 bits per heavy atom. The minimum Gasteiger partial charge on any atom is -0.460 e. The van der Waals surface area contributed by atoms with Gasteiger partial charge in [-0.1, -0.05) is 22.0 Å². The molecule has 0 unspecified atom stereocenters. The molecule has 17 heavy (non-hydrogen) atoms. The van der Waals surface area contributed by atoms with E-state index >= 15 is 0 Å². The third-order valence-corrected chi connectivity index (χ3v) is 2.58. The fraction of sp³-hybridized carbons (Fsp3) is 0.538. The highest BCUT2D eigenvalue weighted by molar-refractivity contribution is 9.08. The van der Waals surface area contributed by atoms with Crippen molar-refractivity contribution in [2.75, 3.05) is 0 Å². The summed E-state index contributed by atoms with van der Waals surface area (Å²) in [5, 5.41) is 0.729. The Balaban J connectivity index is 2.47. The molecule has 0 bridgehead atoms. The lowest BCUT2D eigenvalue weighted by Gasteiger charge is -2.19. The van der Waals surface area contributed by atoms with Crippen LogP contribution in [0.2, 0.25) is 0 Å². The summed E-state index contributed by atoms with van der Waals surface area (Å²) in [6.45, 7) is 5.61. The number of rotatable bonds is 4. The molecule has 0 atom stereocenters. The maximum Gasteiger partial charge on any atom is 0.306 e. The number of nitrogens with zero attached hydrogens (tertiary/aromatic N) is 1. The molecule has 3 nitrogen and oxygen atoms in total. The van der Waals surface area contributed by atoms with E-state index in [0.29, 0.717) is 12.8 Å². The van der Waals surface area contributed by atoms with Crippen LogP contribution in [0.25, 0.3) is 0 Å². The van der Waals surface area contributed by atoms with Gasteiger partial charge in [0.05, 0.1) is 12.1 Å². The summed E-state index contributed by atoms with van der Waals surface area (Å²) in [5.41, 5.74) is 1.49.